The zero-order chi connectivity index (χ0) is 10.3. The predicted molar refractivity (Wildman–Crippen MR) is 61.3 cm³/mol. The average Bonchev–Trinajstić information content (AvgIpc) is 2.45. The molecule has 0 radical (unpaired) electrons. The molecule has 1 aromatic carbocycles. The number of hydrogen-bond acceptors (Lipinski definition) is 1. The van der Waals surface area contributed by atoms with Crippen LogP contribution in [0.4, 0.5) is 5.69 Å². The topological polar surface area (TPSA) is 30.9 Å². The van der Waals surface area contributed by atoms with Gasteiger partial charge in [-0.3, -0.25) is 0 Å². The maximum Gasteiger partial charge on any atom is 0.0505 e. The Hall–Kier alpha value is -1.44. The quantitative estimate of drug-likeness (QED) is 0.633. The van der Waals surface area contributed by atoms with E-state index >= 15 is 0 Å². The normalized spacial score (nSPS) is 12.2. The fourth-order valence-corrected chi connectivity index (χ4v) is 1.73. The third-order valence-electron chi connectivity index (χ3n) is 2.44. The minimum atomic E-state index is 0.107. The molecule has 0 spiro atoms. The van der Waals surface area contributed by atoms with E-state index < -0.39 is 0 Å². The number of nitrogen functional groups attached to an aromatic ring is 1. The standard InChI is InChI=1S/C12H16N2/c1-12(2,3)14-7-6-9-4-5-10(13)8-11(9)14/h4-8H,13H2,1-3H3. The van der Waals surface area contributed by atoms with Crippen LogP contribution in [0.25, 0.3) is 10.9 Å². The molecular formula is C12H16N2. The van der Waals surface area contributed by atoms with Crippen LogP contribution in [0.1, 0.15) is 20.8 Å². The second-order valence-electron chi connectivity index (χ2n) is 4.67. The van der Waals surface area contributed by atoms with Crippen LogP contribution in [0.2, 0.25) is 0 Å². The van der Waals surface area contributed by atoms with Crippen molar-refractivity contribution in [2.75, 3.05) is 5.73 Å². The number of rotatable bonds is 0. The number of hydrogen-bond donors (Lipinski definition) is 1. The van der Waals surface area contributed by atoms with Gasteiger partial charge >= 0.3 is 0 Å². The molecule has 0 amide bonds. The number of anilines is 1. The number of aromatic nitrogens is 1. The van der Waals surface area contributed by atoms with Gasteiger partial charge in [-0.05, 0) is 44.4 Å². The maximum atomic E-state index is 5.78. The van der Waals surface area contributed by atoms with E-state index in [0.717, 1.165) is 5.69 Å². The van der Waals surface area contributed by atoms with Crippen molar-refractivity contribution in [3.63, 3.8) is 0 Å². The van der Waals surface area contributed by atoms with Crippen molar-refractivity contribution in [2.24, 2.45) is 0 Å². The number of fused-ring (bicyclic) bond motifs is 1. The average molecular weight is 188 g/mol. The molecule has 0 aliphatic rings. The van der Waals surface area contributed by atoms with Crippen molar-refractivity contribution >= 4 is 16.6 Å². The van der Waals surface area contributed by atoms with E-state index in [4.69, 9.17) is 5.73 Å². The molecule has 0 unspecified atom stereocenters. The lowest BCUT2D eigenvalue weighted by Gasteiger charge is -2.22. The van der Waals surface area contributed by atoms with Gasteiger partial charge in [0.2, 0.25) is 0 Å². The van der Waals surface area contributed by atoms with Crippen molar-refractivity contribution in [3.05, 3.63) is 30.5 Å². The van der Waals surface area contributed by atoms with E-state index in [2.05, 4.69) is 43.7 Å². The van der Waals surface area contributed by atoms with E-state index in [-0.39, 0.29) is 5.54 Å². The molecule has 0 bridgehead atoms. The highest BCUT2D eigenvalue weighted by Crippen LogP contribution is 2.25. The summed E-state index contributed by atoms with van der Waals surface area (Å²) in [5.41, 5.74) is 7.92. The van der Waals surface area contributed by atoms with E-state index in [1.807, 2.05) is 12.1 Å². The Morgan fingerprint density at radius 1 is 1.14 bits per heavy atom. The molecule has 2 N–H and O–H groups in total. The Bertz CT molecular complexity index is 461. The lowest BCUT2D eigenvalue weighted by molar-refractivity contribution is 0.411. The van der Waals surface area contributed by atoms with Gasteiger partial charge < -0.3 is 10.3 Å². The SMILES string of the molecule is CC(C)(C)n1ccc2ccc(N)cc21. The van der Waals surface area contributed by atoms with Gasteiger partial charge in [0.05, 0.1) is 5.52 Å². The largest absolute Gasteiger partial charge is 0.399 e. The molecule has 1 aromatic heterocycles. The van der Waals surface area contributed by atoms with E-state index in [0.29, 0.717) is 0 Å². The zero-order valence-electron chi connectivity index (χ0n) is 8.91. The second kappa shape index (κ2) is 2.77. The van der Waals surface area contributed by atoms with Gasteiger partial charge in [0, 0.05) is 17.4 Å². The first-order valence-corrected chi connectivity index (χ1v) is 4.85. The van der Waals surface area contributed by atoms with Gasteiger partial charge in [-0.25, -0.2) is 0 Å². The zero-order valence-corrected chi connectivity index (χ0v) is 8.91. The summed E-state index contributed by atoms with van der Waals surface area (Å²) in [7, 11) is 0. The summed E-state index contributed by atoms with van der Waals surface area (Å²) in [6.45, 7) is 6.57. The van der Waals surface area contributed by atoms with Gasteiger partial charge in [0.15, 0.2) is 0 Å². The molecule has 74 valence electrons. The van der Waals surface area contributed by atoms with Gasteiger partial charge in [-0.1, -0.05) is 6.07 Å². The smallest absolute Gasteiger partial charge is 0.0505 e. The Morgan fingerprint density at radius 3 is 2.50 bits per heavy atom. The molecule has 0 saturated carbocycles. The Labute approximate surface area is 84.3 Å². The van der Waals surface area contributed by atoms with Crippen LogP contribution in [0, 0.1) is 0 Å². The van der Waals surface area contributed by atoms with Crippen LogP contribution in [-0.2, 0) is 5.54 Å². The summed E-state index contributed by atoms with van der Waals surface area (Å²) >= 11 is 0. The molecule has 0 aliphatic carbocycles. The second-order valence-corrected chi connectivity index (χ2v) is 4.67. The molecule has 1 heterocycles. The first-order chi connectivity index (χ1) is 6.48. The fraction of sp³-hybridized carbons (Fsp3) is 0.333. The molecule has 14 heavy (non-hydrogen) atoms. The molecule has 2 nitrogen and oxygen atoms in total. The highest BCUT2D eigenvalue weighted by Gasteiger charge is 2.14. The van der Waals surface area contributed by atoms with Gasteiger partial charge in [-0.15, -0.1) is 0 Å². The Kier molecular flexibility index (Phi) is 1.81. The van der Waals surface area contributed by atoms with E-state index in [1.165, 1.54) is 10.9 Å². The van der Waals surface area contributed by atoms with Gasteiger partial charge in [0.1, 0.15) is 0 Å². The minimum absolute atomic E-state index is 0.107. The van der Waals surface area contributed by atoms with Crippen molar-refractivity contribution in [1.82, 2.24) is 4.57 Å². The third kappa shape index (κ3) is 1.37. The summed E-state index contributed by atoms with van der Waals surface area (Å²) < 4.78 is 2.25. The third-order valence-corrected chi connectivity index (χ3v) is 2.44. The maximum absolute atomic E-state index is 5.78. The first-order valence-electron chi connectivity index (χ1n) is 4.85. The summed E-state index contributed by atoms with van der Waals surface area (Å²) in [5, 5.41) is 1.24. The highest BCUT2D eigenvalue weighted by atomic mass is 15.0. The van der Waals surface area contributed by atoms with Crippen LogP contribution in [0.15, 0.2) is 30.5 Å². The first kappa shape index (κ1) is 9.13. The van der Waals surface area contributed by atoms with Crippen LogP contribution >= 0.6 is 0 Å². The Balaban J connectivity index is 2.73. The summed E-state index contributed by atoms with van der Waals surface area (Å²) in [4.78, 5) is 0. The molecular weight excluding hydrogens is 172 g/mol. The molecule has 0 fully saturated rings. The van der Waals surface area contributed by atoms with Crippen LogP contribution < -0.4 is 5.73 Å². The Morgan fingerprint density at radius 2 is 1.86 bits per heavy atom. The van der Waals surface area contributed by atoms with Crippen molar-refractivity contribution in [1.29, 1.82) is 0 Å². The van der Waals surface area contributed by atoms with Crippen molar-refractivity contribution in [2.45, 2.75) is 26.3 Å². The number of nitrogens with two attached hydrogens (primary N) is 1. The molecule has 0 atom stereocenters. The summed E-state index contributed by atoms with van der Waals surface area (Å²) in [6, 6.07) is 8.16. The van der Waals surface area contributed by atoms with E-state index in [1.54, 1.807) is 0 Å². The molecule has 2 heteroatoms. The number of nitrogens with zero attached hydrogens (tertiary/aromatic N) is 1. The van der Waals surface area contributed by atoms with Crippen LogP contribution in [0.5, 0.6) is 0 Å². The van der Waals surface area contributed by atoms with E-state index in [9.17, 15) is 0 Å². The van der Waals surface area contributed by atoms with Crippen LogP contribution in [-0.4, -0.2) is 4.57 Å². The number of benzene rings is 1. The van der Waals surface area contributed by atoms with Crippen molar-refractivity contribution in [3.8, 4) is 0 Å². The highest BCUT2D eigenvalue weighted by molar-refractivity contribution is 5.83. The molecule has 0 aliphatic heterocycles. The predicted octanol–water partition coefficient (Wildman–Crippen LogP) is 2.98. The monoisotopic (exact) mass is 188 g/mol. The van der Waals surface area contributed by atoms with Crippen molar-refractivity contribution < 1.29 is 0 Å². The fourth-order valence-electron chi connectivity index (χ4n) is 1.73. The molecule has 2 aromatic rings. The minimum Gasteiger partial charge on any atom is -0.399 e. The molecule has 2 rings (SSSR count). The molecule has 0 saturated heterocycles. The van der Waals surface area contributed by atoms with Gasteiger partial charge in [0.25, 0.3) is 0 Å². The lowest BCUT2D eigenvalue weighted by Crippen LogP contribution is -2.20. The summed E-state index contributed by atoms with van der Waals surface area (Å²) in [6.07, 6.45) is 2.12. The van der Waals surface area contributed by atoms with Gasteiger partial charge in [-0.2, -0.15) is 0 Å². The summed E-state index contributed by atoms with van der Waals surface area (Å²) in [5.74, 6) is 0. The van der Waals surface area contributed by atoms with Crippen LogP contribution in [0.3, 0.4) is 0 Å². The lowest BCUT2D eigenvalue weighted by atomic mass is 10.1.